The summed E-state index contributed by atoms with van der Waals surface area (Å²) in [6, 6.07) is 32.1. The van der Waals surface area contributed by atoms with E-state index < -0.39 is 11.5 Å². The number of aryl methyl sites for hydroxylation is 2. The predicted octanol–water partition coefficient (Wildman–Crippen LogP) is 6.22. The van der Waals surface area contributed by atoms with Gasteiger partial charge in [-0.05, 0) is 110 Å². The van der Waals surface area contributed by atoms with Crippen LogP contribution in [0.15, 0.2) is 108 Å². The van der Waals surface area contributed by atoms with Gasteiger partial charge in [0.25, 0.3) is 0 Å². The highest BCUT2D eigenvalue weighted by atomic mass is 16.5. The van der Waals surface area contributed by atoms with Crippen LogP contribution in [0.1, 0.15) is 66.0 Å². The summed E-state index contributed by atoms with van der Waals surface area (Å²) < 4.78 is 12.3. The molecule has 0 unspecified atom stereocenters. The van der Waals surface area contributed by atoms with Crippen molar-refractivity contribution >= 4 is 22.8 Å². The number of hydrogen-bond acceptors (Lipinski definition) is 8. The third-order valence-electron chi connectivity index (χ3n) is 12.0. The standard InChI is InChI=1S/C46H49N3O7/c50-39(37-18-20-40(51)44-38(37)19-21-42(52)47-44)8-4-5-31-9-11-33(12-10-31)28-55-36-16-13-32(14-17-36)15-22-43(53)49-29-46(30-49,35-6-2-1-3-7-35)45(54)56-41-27-48-25-23-34(41)24-26-48/h1-3,6-7,9-14,16-21,34,39,41,50-51H,4-5,8,15,22-30H2,(H,47,52)/t39-,41-/m0/s1. The molecule has 2 bridgehead atoms. The molecular weight excluding hydrogens is 707 g/mol. The van der Waals surface area contributed by atoms with E-state index in [4.69, 9.17) is 9.47 Å². The predicted molar refractivity (Wildman–Crippen MR) is 213 cm³/mol. The molecule has 4 fully saturated rings. The molecule has 4 saturated heterocycles. The highest BCUT2D eigenvalue weighted by molar-refractivity contribution is 5.89. The van der Waals surface area contributed by atoms with Gasteiger partial charge >= 0.3 is 5.97 Å². The average Bonchev–Trinajstić information content (AvgIpc) is 3.21. The van der Waals surface area contributed by atoms with Crippen LogP contribution in [-0.2, 0) is 39.2 Å². The molecule has 4 aliphatic rings. The van der Waals surface area contributed by atoms with Crippen molar-refractivity contribution in [1.82, 2.24) is 14.8 Å². The molecule has 4 aliphatic heterocycles. The lowest BCUT2D eigenvalue weighted by Gasteiger charge is -2.50. The Bertz CT molecular complexity index is 2210. The van der Waals surface area contributed by atoms with Crippen molar-refractivity contribution in [2.24, 2.45) is 5.92 Å². The highest BCUT2D eigenvalue weighted by Crippen LogP contribution is 2.39. The summed E-state index contributed by atoms with van der Waals surface area (Å²) in [4.78, 5) is 45.6. The number of fused-ring (bicyclic) bond motifs is 4. The van der Waals surface area contributed by atoms with Crippen molar-refractivity contribution in [3.63, 3.8) is 0 Å². The molecular formula is C46H49N3O7. The Hall–Kier alpha value is -5.45. The largest absolute Gasteiger partial charge is 0.506 e. The molecule has 5 heterocycles. The number of aromatic nitrogens is 1. The fourth-order valence-corrected chi connectivity index (χ4v) is 8.60. The number of rotatable bonds is 14. The molecule has 3 N–H and O–H groups in total. The van der Waals surface area contributed by atoms with Gasteiger partial charge in [0, 0.05) is 37.5 Å². The fraction of sp³-hybridized carbons (Fsp3) is 0.370. The first kappa shape index (κ1) is 37.5. The van der Waals surface area contributed by atoms with Crippen molar-refractivity contribution in [1.29, 1.82) is 0 Å². The SMILES string of the molecule is O=C(CCc1ccc(OCc2ccc(CCC[C@H](O)c3ccc(O)c4[nH]c(=O)ccc34)cc2)cc1)N1CC(C(=O)O[C@H]2CN3CCC2CC3)(c2ccccc2)C1. The van der Waals surface area contributed by atoms with Crippen molar-refractivity contribution in [2.75, 3.05) is 32.7 Å². The number of carbonyl (C=O) groups is 2. The van der Waals surface area contributed by atoms with Gasteiger partial charge in [-0.2, -0.15) is 0 Å². The zero-order valence-corrected chi connectivity index (χ0v) is 31.6. The number of piperidine rings is 3. The van der Waals surface area contributed by atoms with Crippen LogP contribution in [0.2, 0.25) is 0 Å². The van der Waals surface area contributed by atoms with Crippen molar-refractivity contribution in [2.45, 2.75) is 69.2 Å². The summed E-state index contributed by atoms with van der Waals surface area (Å²) in [7, 11) is 0. The fourth-order valence-electron chi connectivity index (χ4n) is 8.60. The van der Waals surface area contributed by atoms with Gasteiger partial charge in [-0.15, -0.1) is 0 Å². The van der Waals surface area contributed by atoms with Crippen molar-refractivity contribution in [3.8, 4) is 11.5 Å². The Labute approximate surface area is 326 Å². The van der Waals surface area contributed by atoms with E-state index in [0.29, 0.717) is 61.3 Å². The van der Waals surface area contributed by atoms with Crippen LogP contribution in [0, 0.1) is 5.92 Å². The summed E-state index contributed by atoms with van der Waals surface area (Å²) in [6.07, 6.45) is 4.43. The number of pyridine rings is 1. The lowest BCUT2D eigenvalue weighted by atomic mass is 9.73. The molecule has 1 amide bonds. The topological polar surface area (TPSA) is 132 Å². The second-order valence-electron chi connectivity index (χ2n) is 15.7. The van der Waals surface area contributed by atoms with Gasteiger partial charge in [-0.3, -0.25) is 19.3 Å². The number of esters is 1. The van der Waals surface area contributed by atoms with E-state index in [1.807, 2.05) is 54.6 Å². The third-order valence-corrected chi connectivity index (χ3v) is 12.0. The Morgan fingerprint density at radius 2 is 1.54 bits per heavy atom. The molecule has 0 radical (unpaired) electrons. The summed E-state index contributed by atoms with van der Waals surface area (Å²) in [5, 5.41) is 21.7. The Morgan fingerprint density at radius 1 is 0.839 bits per heavy atom. The number of aromatic hydroxyl groups is 1. The number of ether oxygens (including phenoxy) is 2. The van der Waals surface area contributed by atoms with Crippen LogP contribution in [0.5, 0.6) is 11.5 Å². The second-order valence-corrected chi connectivity index (χ2v) is 15.7. The molecule has 290 valence electrons. The van der Waals surface area contributed by atoms with Crippen LogP contribution in [0.25, 0.3) is 10.9 Å². The van der Waals surface area contributed by atoms with E-state index in [1.54, 1.807) is 17.0 Å². The number of aromatic amines is 1. The van der Waals surface area contributed by atoms with E-state index in [9.17, 15) is 24.6 Å². The summed E-state index contributed by atoms with van der Waals surface area (Å²) in [5.41, 5.74) is 4.06. The first-order chi connectivity index (χ1) is 27.2. The minimum Gasteiger partial charge on any atom is -0.506 e. The molecule has 10 heteroatoms. The number of likely N-dealkylation sites (tertiary alicyclic amines) is 1. The first-order valence-electron chi connectivity index (χ1n) is 19.8. The maximum absolute atomic E-state index is 13.8. The van der Waals surface area contributed by atoms with Crippen molar-refractivity contribution in [3.05, 3.63) is 141 Å². The monoisotopic (exact) mass is 755 g/mol. The zero-order valence-electron chi connectivity index (χ0n) is 31.6. The zero-order chi connectivity index (χ0) is 38.6. The van der Waals surface area contributed by atoms with Crippen molar-refractivity contribution < 1.29 is 29.3 Å². The number of phenolic OH excluding ortho intramolecular Hbond substituents is 1. The van der Waals surface area contributed by atoms with E-state index in [0.717, 1.165) is 73.3 Å². The molecule has 4 aromatic carbocycles. The quantitative estimate of drug-likeness (QED) is 0.114. The number of H-pyrrole nitrogens is 1. The highest BCUT2D eigenvalue weighted by Gasteiger charge is 2.54. The molecule has 0 aliphatic carbocycles. The van der Waals surface area contributed by atoms with Crippen LogP contribution in [0.4, 0.5) is 0 Å². The molecule has 1 aromatic heterocycles. The number of aliphatic hydroxyl groups excluding tert-OH is 1. The minimum absolute atomic E-state index is 0.0199. The third kappa shape index (κ3) is 8.08. The van der Waals surface area contributed by atoms with Gasteiger partial charge in [0.2, 0.25) is 11.5 Å². The molecule has 56 heavy (non-hydrogen) atoms. The van der Waals surface area contributed by atoms with E-state index in [-0.39, 0.29) is 29.3 Å². The molecule has 10 nitrogen and oxygen atoms in total. The summed E-state index contributed by atoms with van der Waals surface area (Å²) in [5.74, 6) is 0.999. The average molecular weight is 756 g/mol. The van der Waals surface area contributed by atoms with Gasteiger partial charge in [-0.1, -0.05) is 72.8 Å². The van der Waals surface area contributed by atoms with Gasteiger partial charge in [0.15, 0.2) is 0 Å². The van der Waals surface area contributed by atoms with Gasteiger partial charge in [0.1, 0.15) is 29.6 Å². The maximum Gasteiger partial charge on any atom is 0.320 e. The number of benzene rings is 4. The number of amides is 1. The summed E-state index contributed by atoms with van der Waals surface area (Å²) >= 11 is 0. The van der Waals surface area contributed by atoms with Crippen LogP contribution in [0.3, 0.4) is 0 Å². The smallest absolute Gasteiger partial charge is 0.320 e. The first-order valence-corrected chi connectivity index (χ1v) is 19.8. The van der Waals surface area contributed by atoms with Crippen LogP contribution >= 0.6 is 0 Å². The number of carbonyl (C=O) groups excluding carboxylic acids is 2. The van der Waals surface area contributed by atoms with E-state index in [2.05, 4.69) is 34.1 Å². The number of nitrogens with one attached hydrogen (secondary N) is 1. The van der Waals surface area contributed by atoms with Crippen LogP contribution < -0.4 is 10.3 Å². The normalized spacial score (nSPS) is 20.3. The number of nitrogens with zero attached hydrogens (tertiary/aromatic N) is 2. The number of hydrogen-bond donors (Lipinski definition) is 3. The van der Waals surface area contributed by atoms with Gasteiger partial charge in [0.05, 0.1) is 11.6 Å². The van der Waals surface area contributed by atoms with Crippen LogP contribution in [-0.4, -0.2) is 75.7 Å². The van der Waals surface area contributed by atoms with E-state index in [1.165, 1.54) is 12.1 Å². The van der Waals surface area contributed by atoms with E-state index >= 15 is 0 Å². The summed E-state index contributed by atoms with van der Waals surface area (Å²) in [6.45, 7) is 4.09. The number of phenols is 1. The maximum atomic E-state index is 13.8. The Balaban J connectivity index is 0.776. The molecule has 2 atom stereocenters. The second kappa shape index (κ2) is 16.3. The molecule has 0 spiro atoms. The molecule has 5 aromatic rings. The Kier molecular flexibility index (Phi) is 10.9. The van der Waals surface area contributed by atoms with Gasteiger partial charge in [-0.25, -0.2) is 0 Å². The number of aliphatic hydroxyl groups is 1. The van der Waals surface area contributed by atoms with Gasteiger partial charge < -0.3 is 29.6 Å². The lowest BCUT2D eigenvalue weighted by molar-refractivity contribution is -0.175. The molecule has 0 saturated carbocycles. The lowest BCUT2D eigenvalue weighted by Crippen LogP contribution is -2.66. The Morgan fingerprint density at radius 3 is 2.25 bits per heavy atom. The minimum atomic E-state index is -0.817. The molecule has 9 rings (SSSR count).